The Hall–Kier alpha value is -2.41. The largest absolute Gasteiger partial charge is 0.284 e. The van der Waals surface area contributed by atoms with Crippen LogP contribution in [-0.2, 0) is 11.3 Å². The standard InChI is InChI=1S/C25H24ClN3OS2/c1-17-7-10-20(11-8-17)31-14-4-6-22(30)29(16-19-5-3-13-27-15-19)25-28-23-18(2)9-12-21(26)24(23)32-25/h3,5,7-13,15H,4,6,14,16H2,1-2H3. The van der Waals surface area contributed by atoms with Crippen LogP contribution in [0.25, 0.3) is 10.2 Å². The Kier molecular flexibility index (Phi) is 7.45. The number of anilines is 1. The molecule has 2 aromatic heterocycles. The third kappa shape index (κ3) is 5.49. The molecule has 2 aromatic carbocycles. The number of fused-ring (bicyclic) bond motifs is 1. The summed E-state index contributed by atoms with van der Waals surface area (Å²) in [5.41, 5.74) is 4.13. The van der Waals surface area contributed by atoms with E-state index in [1.165, 1.54) is 21.8 Å². The average Bonchev–Trinajstić information content (AvgIpc) is 3.26. The molecule has 0 spiro atoms. The molecule has 0 saturated heterocycles. The number of benzene rings is 2. The molecule has 4 aromatic rings. The fraction of sp³-hybridized carbons (Fsp3) is 0.240. The van der Waals surface area contributed by atoms with Gasteiger partial charge in [0.25, 0.3) is 0 Å². The molecule has 0 radical (unpaired) electrons. The fourth-order valence-corrected chi connectivity index (χ4v) is 5.51. The fourth-order valence-electron chi connectivity index (χ4n) is 3.33. The van der Waals surface area contributed by atoms with Crippen LogP contribution in [-0.4, -0.2) is 21.6 Å². The molecule has 0 saturated carbocycles. The van der Waals surface area contributed by atoms with Crippen LogP contribution in [0.4, 0.5) is 5.13 Å². The van der Waals surface area contributed by atoms with Gasteiger partial charge >= 0.3 is 0 Å². The van der Waals surface area contributed by atoms with Gasteiger partial charge in [-0.05, 0) is 61.4 Å². The van der Waals surface area contributed by atoms with Crippen molar-refractivity contribution in [2.75, 3.05) is 10.7 Å². The van der Waals surface area contributed by atoms with Gasteiger partial charge in [0.2, 0.25) is 5.91 Å². The van der Waals surface area contributed by atoms with Crippen LogP contribution in [0.1, 0.15) is 29.5 Å². The normalized spacial score (nSPS) is 11.1. The zero-order valence-corrected chi connectivity index (χ0v) is 20.4. The van der Waals surface area contributed by atoms with E-state index in [0.29, 0.717) is 23.1 Å². The minimum Gasteiger partial charge on any atom is -0.284 e. The predicted octanol–water partition coefficient (Wildman–Crippen LogP) is 7.07. The van der Waals surface area contributed by atoms with Crippen LogP contribution < -0.4 is 4.90 Å². The topological polar surface area (TPSA) is 46.1 Å². The molecular formula is C25H24ClN3OS2. The molecule has 0 aliphatic carbocycles. The van der Waals surface area contributed by atoms with E-state index in [2.05, 4.69) is 36.2 Å². The van der Waals surface area contributed by atoms with E-state index in [-0.39, 0.29) is 5.91 Å². The lowest BCUT2D eigenvalue weighted by molar-refractivity contribution is -0.118. The predicted molar refractivity (Wildman–Crippen MR) is 136 cm³/mol. The van der Waals surface area contributed by atoms with Crippen LogP contribution in [0.2, 0.25) is 5.02 Å². The number of carbonyl (C=O) groups excluding carboxylic acids is 1. The highest BCUT2D eigenvalue weighted by Gasteiger charge is 2.21. The van der Waals surface area contributed by atoms with Gasteiger partial charge in [-0.15, -0.1) is 11.8 Å². The van der Waals surface area contributed by atoms with Crippen molar-refractivity contribution in [3.63, 3.8) is 0 Å². The lowest BCUT2D eigenvalue weighted by Gasteiger charge is -2.20. The van der Waals surface area contributed by atoms with E-state index in [1.54, 1.807) is 29.1 Å². The number of thiazole rings is 1. The van der Waals surface area contributed by atoms with Gasteiger partial charge in [-0.2, -0.15) is 0 Å². The van der Waals surface area contributed by atoms with Crippen molar-refractivity contribution in [2.45, 2.75) is 38.1 Å². The second kappa shape index (κ2) is 10.5. The van der Waals surface area contributed by atoms with Gasteiger partial charge in [0.15, 0.2) is 5.13 Å². The molecule has 32 heavy (non-hydrogen) atoms. The highest BCUT2D eigenvalue weighted by molar-refractivity contribution is 7.99. The summed E-state index contributed by atoms with van der Waals surface area (Å²) in [5, 5.41) is 1.34. The van der Waals surface area contributed by atoms with E-state index < -0.39 is 0 Å². The zero-order valence-electron chi connectivity index (χ0n) is 18.0. The van der Waals surface area contributed by atoms with Gasteiger partial charge < -0.3 is 0 Å². The minimum absolute atomic E-state index is 0.0613. The average molecular weight is 482 g/mol. The number of amides is 1. The maximum atomic E-state index is 13.3. The first-order chi connectivity index (χ1) is 15.5. The maximum Gasteiger partial charge on any atom is 0.229 e. The summed E-state index contributed by atoms with van der Waals surface area (Å²) in [6.07, 6.45) is 4.78. The SMILES string of the molecule is Cc1ccc(SCCCC(=O)N(Cc2cccnc2)c2nc3c(C)ccc(Cl)c3s2)cc1. The Morgan fingerprint density at radius 2 is 1.94 bits per heavy atom. The molecule has 1 amide bonds. The number of pyridine rings is 1. The summed E-state index contributed by atoms with van der Waals surface area (Å²) in [7, 11) is 0. The quantitative estimate of drug-likeness (QED) is 0.199. The highest BCUT2D eigenvalue weighted by atomic mass is 35.5. The molecule has 0 fully saturated rings. The zero-order chi connectivity index (χ0) is 22.5. The van der Waals surface area contributed by atoms with Crippen molar-refractivity contribution in [3.05, 3.63) is 82.6 Å². The molecule has 0 aliphatic heterocycles. The monoisotopic (exact) mass is 481 g/mol. The van der Waals surface area contributed by atoms with E-state index >= 15 is 0 Å². The number of hydrogen-bond donors (Lipinski definition) is 0. The lowest BCUT2D eigenvalue weighted by Crippen LogP contribution is -2.30. The number of aryl methyl sites for hydroxylation is 2. The number of aromatic nitrogens is 2. The molecule has 0 bridgehead atoms. The summed E-state index contributed by atoms with van der Waals surface area (Å²) in [6.45, 7) is 4.53. The third-order valence-corrected chi connectivity index (χ3v) is 7.74. The number of nitrogens with zero attached hydrogens (tertiary/aromatic N) is 3. The molecule has 0 atom stereocenters. The summed E-state index contributed by atoms with van der Waals surface area (Å²) in [5.74, 6) is 0.950. The maximum absolute atomic E-state index is 13.3. The van der Waals surface area contributed by atoms with Gasteiger partial charge in [-0.25, -0.2) is 4.98 Å². The summed E-state index contributed by atoms with van der Waals surface area (Å²) >= 11 is 9.66. The number of thioether (sulfide) groups is 1. The van der Waals surface area contributed by atoms with Gasteiger partial charge in [0.05, 0.1) is 21.8 Å². The van der Waals surface area contributed by atoms with Gasteiger partial charge in [-0.3, -0.25) is 14.7 Å². The molecule has 4 nitrogen and oxygen atoms in total. The van der Waals surface area contributed by atoms with Gasteiger partial charge in [0.1, 0.15) is 0 Å². The smallest absolute Gasteiger partial charge is 0.229 e. The summed E-state index contributed by atoms with van der Waals surface area (Å²) in [4.78, 5) is 25.3. The number of rotatable bonds is 8. The Balaban J connectivity index is 1.50. The Morgan fingerprint density at radius 1 is 1.12 bits per heavy atom. The molecule has 2 heterocycles. The van der Waals surface area contributed by atoms with E-state index in [1.807, 2.05) is 31.2 Å². The van der Waals surface area contributed by atoms with Crippen LogP contribution in [0, 0.1) is 13.8 Å². The Morgan fingerprint density at radius 3 is 2.66 bits per heavy atom. The summed E-state index contributed by atoms with van der Waals surface area (Å²) < 4.78 is 0.917. The van der Waals surface area contributed by atoms with Crippen molar-refractivity contribution < 1.29 is 4.79 Å². The lowest BCUT2D eigenvalue weighted by atomic mass is 10.2. The number of hydrogen-bond acceptors (Lipinski definition) is 5. The van der Waals surface area contributed by atoms with Crippen LogP contribution >= 0.6 is 34.7 Å². The Labute approximate surface area is 201 Å². The van der Waals surface area contributed by atoms with Crippen molar-refractivity contribution in [1.29, 1.82) is 0 Å². The Bertz CT molecular complexity index is 1170. The molecule has 164 valence electrons. The molecular weight excluding hydrogens is 458 g/mol. The van der Waals surface area contributed by atoms with E-state index in [9.17, 15) is 4.79 Å². The van der Waals surface area contributed by atoms with Crippen molar-refractivity contribution >= 4 is 56.0 Å². The molecule has 0 aliphatic rings. The number of carbonyl (C=O) groups is 1. The minimum atomic E-state index is 0.0613. The van der Waals surface area contributed by atoms with Crippen molar-refractivity contribution in [2.24, 2.45) is 0 Å². The molecule has 4 rings (SSSR count). The first-order valence-corrected chi connectivity index (χ1v) is 12.6. The highest BCUT2D eigenvalue weighted by Crippen LogP contribution is 2.36. The van der Waals surface area contributed by atoms with E-state index in [0.717, 1.165) is 33.5 Å². The number of halogens is 1. The van der Waals surface area contributed by atoms with Crippen molar-refractivity contribution in [3.8, 4) is 0 Å². The second-order valence-corrected chi connectivity index (χ2v) is 10.2. The molecule has 0 N–H and O–H groups in total. The van der Waals surface area contributed by atoms with Crippen molar-refractivity contribution in [1.82, 2.24) is 9.97 Å². The molecule has 7 heteroatoms. The van der Waals surface area contributed by atoms with Crippen LogP contribution in [0.5, 0.6) is 0 Å². The van der Waals surface area contributed by atoms with Crippen LogP contribution in [0.3, 0.4) is 0 Å². The first-order valence-electron chi connectivity index (χ1n) is 10.5. The summed E-state index contributed by atoms with van der Waals surface area (Å²) in [6, 6.07) is 16.2. The molecule has 0 unspecified atom stereocenters. The van der Waals surface area contributed by atoms with Gasteiger partial charge in [0, 0.05) is 23.7 Å². The van der Waals surface area contributed by atoms with Gasteiger partial charge in [-0.1, -0.05) is 52.8 Å². The second-order valence-electron chi connectivity index (χ2n) is 7.64. The van der Waals surface area contributed by atoms with Crippen LogP contribution in [0.15, 0.2) is 65.8 Å². The third-order valence-electron chi connectivity index (χ3n) is 5.11. The van der Waals surface area contributed by atoms with E-state index in [4.69, 9.17) is 16.6 Å². The first kappa shape index (κ1) is 22.8.